The molecule has 0 aromatic rings. The second kappa shape index (κ2) is 3.11. The highest BCUT2D eigenvalue weighted by Crippen LogP contribution is 2.31. The minimum absolute atomic E-state index is 0.800. The lowest BCUT2D eigenvalue weighted by molar-refractivity contribution is 0.116. The fraction of sp³-hybridized carbons (Fsp3) is 1.00. The van der Waals surface area contributed by atoms with E-state index in [0.717, 1.165) is 31.1 Å². The van der Waals surface area contributed by atoms with Crippen LogP contribution in [0.2, 0.25) is 0 Å². The Hall–Kier alpha value is 0.270. The SMILES string of the molecule is C1COCCC2SCC2N1. The highest BCUT2D eigenvalue weighted by atomic mass is 32.2. The Kier molecular flexibility index (Phi) is 2.16. The van der Waals surface area contributed by atoms with Crippen molar-refractivity contribution in [1.82, 2.24) is 5.32 Å². The summed E-state index contributed by atoms with van der Waals surface area (Å²) >= 11 is 2.07. The van der Waals surface area contributed by atoms with Gasteiger partial charge in [-0.3, -0.25) is 0 Å². The highest BCUT2D eigenvalue weighted by Gasteiger charge is 2.31. The fourth-order valence-electron chi connectivity index (χ4n) is 1.42. The molecule has 2 aliphatic rings. The first-order valence-electron chi connectivity index (χ1n) is 3.89. The standard InChI is InChI=1S/C7H13NOS/c1-3-9-4-2-8-6-5-10-7(1)6/h6-8H,1-5H2. The van der Waals surface area contributed by atoms with Crippen LogP contribution in [0.3, 0.4) is 0 Å². The Morgan fingerprint density at radius 1 is 1.40 bits per heavy atom. The molecule has 2 saturated heterocycles. The lowest BCUT2D eigenvalue weighted by Gasteiger charge is -2.38. The van der Waals surface area contributed by atoms with E-state index in [0.29, 0.717) is 0 Å². The van der Waals surface area contributed by atoms with Gasteiger partial charge in [0.25, 0.3) is 0 Å². The van der Waals surface area contributed by atoms with Crippen LogP contribution in [0.25, 0.3) is 0 Å². The van der Waals surface area contributed by atoms with Gasteiger partial charge in [-0.2, -0.15) is 11.8 Å². The molecule has 0 radical (unpaired) electrons. The average Bonchev–Trinajstić information content (AvgIpc) is 1.89. The van der Waals surface area contributed by atoms with Gasteiger partial charge in [0, 0.05) is 30.2 Å². The van der Waals surface area contributed by atoms with Crippen molar-refractivity contribution in [2.24, 2.45) is 0 Å². The Morgan fingerprint density at radius 3 is 3.20 bits per heavy atom. The molecule has 0 aromatic carbocycles. The number of fused-ring (bicyclic) bond motifs is 1. The molecule has 10 heavy (non-hydrogen) atoms. The summed E-state index contributed by atoms with van der Waals surface area (Å²) in [6, 6.07) is 0.800. The van der Waals surface area contributed by atoms with Crippen molar-refractivity contribution in [3.05, 3.63) is 0 Å². The molecular formula is C7H13NOS. The molecule has 0 bridgehead atoms. The summed E-state index contributed by atoms with van der Waals surface area (Å²) in [5.41, 5.74) is 0. The number of rotatable bonds is 0. The lowest BCUT2D eigenvalue weighted by atomic mass is 10.1. The van der Waals surface area contributed by atoms with Gasteiger partial charge in [-0.05, 0) is 6.42 Å². The van der Waals surface area contributed by atoms with Crippen LogP contribution < -0.4 is 5.32 Å². The molecule has 0 amide bonds. The van der Waals surface area contributed by atoms with E-state index in [4.69, 9.17) is 4.74 Å². The lowest BCUT2D eigenvalue weighted by Crippen LogP contribution is -2.50. The quantitative estimate of drug-likeness (QED) is 0.555. The first kappa shape index (κ1) is 6.95. The van der Waals surface area contributed by atoms with Crippen molar-refractivity contribution in [1.29, 1.82) is 0 Å². The summed E-state index contributed by atoms with van der Waals surface area (Å²) in [7, 11) is 0. The molecule has 2 unspecified atom stereocenters. The maximum absolute atomic E-state index is 5.35. The zero-order valence-electron chi connectivity index (χ0n) is 6.01. The molecular weight excluding hydrogens is 146 g/mol. The third kappa shape index (κ3) is 1.31. The fourth-order valence-corrected chi connectivity index (χ4v) is 2.56. The van der Waals surface area contributed by atoms with Gasteiger partial charge in [0.2, 0.25) is 0 Å². The van der Waals surface area contributed by atoms with Crippen molar-refractivity contribution < 1.29 is 4.74 Å². The van der Waals surface area contributed by atoms with Crippen LogP contribution in [-0.2, 0) is 4.74 Å². The molecule has 2 nitrogen and oxygen atoms in total. The molecule has 2 aliphatic heterocycles. The van der Waals surface area contributed by atoms with Gasteiger partial charge in [-0.25, -0.2) is 0 Å². The predicted octanol–water partition coefficient (Wildman–Crippen LogP) is 0.480. The van der Waals surface area contributed by atoms with E-state index < -0.39 is 0 Å². The normalized spacial score (nSPS) is 40.8. The molecule has 2 fully saturated rings. The molecule has 0 saturated carbocycles. The average molecular weight is 159 g/mol. The van der Waals surface area contributed by atoms with Crippen molar-refractivity contribution in [2.45, 2.75) is 17.7 Å². The summed E-state index contributed by atoms with van der Waals surface area (Å²) in [5.74, 6) is 1.31. The van der Waals surface area contributed by atoms with Crippen LogP contribution >= 0.6 is 11.8 Å². The van der Waals surface area contributed by atoms with E-state index in [1.54, 1.807) is 0 Å². The molecule has 0 aliphatic carbocycles. The van der Waals surface area contributed by atoms with E-state index in [1.165, 1.54) is 12.2 Å². The van der Waals surface area contributed by atoms with Crippen LogP contribution in [-0.4, -0.2) is 36.8 Å². The number of ether oxygens (including phenoxy) is 1. The zero-order chi connectivity index (χ0) is 6.81. The van der Waals surface area contributed by atoms with Crippen LogP contribution in [0.1, 0.15) is 6.42 Å². The van der Waals surface area contributed by atoms with Crippen molar-refractivity contribution in [3.63, 3.8) is 0 Å². The van der Waals surface area contributed by atoms with E-state index in [2.05, 4.69) is 17.1 Å². The first-order valence-corrected chi connectivity index (χ1v) is 4.94. The van der Waals surface area contributed by atoms with Crippen LogP contribution in [0.5, 0.6) is 0 Å². The van der Waals surface area contributed by atoms with Crippen molar-refractivity contribution in [3.8, 4) is 0 Å². The van der Waals surface area contributed by atoms with Gasteiger partial charge < -0.3 is 10.1 Å². The minimum atomic E-state index is 0.800. The minimum Gasteiger partial charge on any atom is -0.380 e. The van der Waals surface area contributed by atoms with Crippen LogP contribution in [0, 0.1) is 0 Å². The van der Waals surface area contributed by atoms with E-state index in [9.17, 15) is 0 Å². The van der Waals surface area contributed by atoms with Crippen molar-refractivity contribution >= 4 is 11.8 Å². The summed E-state index contributed by atoms with van der Waals surface area (Å²) in [6.45, 7) is 2.91. The maximum atomic E-state index is 5.35. The monoisotopic (exact) mass is 159 g/mol. The highest BCUT2D eigenvalue weighted by molar-refractivity contribution is 8.01. The molecule has 2 rings (SSSR count). The van der Waals surface area contributed by atoms with Crippen LogP contribution in [0.4, 0.5) is 0 Å². The number of thioether (sulfide) groups is 1. The Morgan fingerprint density at radius 2 is 2.40 bits per heavy atom. The van der Waals surface area contributed by atoms with Crippen molar-refractivity contribution in [2.75, 3.05) is 25.5 Å². The predicted molar refractivity (Wildman–Crippen MR) is 43.5 cm³/mol. The molecule has 0 aromatic heterocycles. The van der Waals surface area contributed by atoms with Gasteiger partial charge >= 0.3 is 0 Å². The van der Waals surface area contributed by atoms with E-state index >= 15 is 0 Å². The van der Waals surface area contributed by atoms with Gasteiger partial charge in [0.1, 0.15) is 0 Å². The molecule has 2 heterocycles. The van der Waals surface area contributed by atoms with Gasteiger partial charge in [-0.15, -0.1) is 0 Å². The Labute approximate surface area is 65.7 Å². The summed E-state index contributed by atoms with van der Waals surface area (Å²) in [6.07, 6.45) is 1.24. The molecule has 58 valence electrons. The second-order valence-electron chi connectivity index (χ2n) is 2.83. The van der Waals surface area contributed by atoms with Gasteiger partial charge in [0.15, 0.2) is 0 Å². The molecule has 3 heteroatoms. The first-order chi connectivity index (χ1) is 4.97. The number of hydrogen-bond acceptors (Lipinski definition) is 3. The summed E-state index contributed by atoms with van der Waals surface area (Å²) in [4.78, 5) is 0. The summed E-state index contributed by atoms with van der Waals surface area (Å²) in [5, 5.41) is 4.32. The smallest absolute Gasteiger partial charge is 0.0591 e. The number of nitrogens with one attached hydrogen (secondary N) is 1. The third-order valence-corrected chi connectivity index (χ3v) is 3.68. The Bertz CT molecular complexity index is 106. The van der Waals surface area contributed by atoms with E-state index in [1.807, 2.05) is 0 Å². The molecule has 1 N–H and O–H groups in total. The summed E-state index contributed by atoms with van der Waals surface area (Å²) < 4.78 is 5.35. The second-order valence-corrected chi connectivity index (χ2v) is 4.11. The molecule has 2 atom stereocenters. The third-order valence-electron chi connectivity index (χ3n) is 2.14. The Balaban J connectivity index is 1.83. The van der Waals surface area contributed by atoms with Crippen LogP contribution in [0.15, 0.2) is 0 Å². The van der Waals surface area contributed by atoms with Gasteiger partial charge in [-0.1, -0.05) is 0 Å². The topological polar surface area (TPSA) is 21.3 Å². The molecule has 0 spiro atoms. The number of hydrogen-bond donors (Lipinski definition) is 1. The maximum Gasteiger partial charge on any atom is 0.0591 e. The zero-order valence-corrected chi connectivity index (χ0v) is 6.82. The van der Waals surface area contributed by atoms with Gasteiger partial charge in [0.05, 0.1) is 6.61 Å². The van der Waals surface area contributed by atoms with E-state index in [-0.39, 0.29) is 0 Å². The largest absolute Gasteiger partial charge is 0.380 e.